The Hall–Kier alpha value is -0.870. The van der Waals surface area contributed by atoms with E-state index in [-0.39, 0.29) is 24.5 Å². The zero-order valence-corrected chi connectivity index (χ0v) is 13.3. The van der Waals surface area contributed by atoms with Gasteiger partial charge in [0.25, 0.3) is 0 Å². The Morgan fingerprint density at radius 3 is 2.68 bits per heavy atom. The molecule has 0 spiro atoms. The Labute approximate surface area is 123 Å². The normalized spacial score (nSPS) is 13.9. The highest BCUT2D eigenvalue weighted by Gasteiger charge is 2.13. The second kappa shape index (κ2) is 7.65. The average Bonchev–Trinajstić information content (AvgIpc) is 2.39. The van der Waals surface area contributed by atoms with Crippen LogP contribution < -0.4 is 5.32 Å². The Morgan fingerprint density at radius 1 is 1.42 bits per heavy atom. The number of nitrogens with one attached hydrogen (secondary N) is 1. The highest BCUT2D eigenvalue weighted by molar-refractivity contribution is 9.10. The lowest BCUT2D eigenvalue weighted by Gasteiger charge is -2.19. The third-order valence-electron chi connectivity index (χ3n) is 3.39. The molecule has 1 aromatic rings. The van der Waals surface area contributed by atoms with Crippen molar-refractivity contribution in [2.75, 3.05) is 6.61 Å². The van der Waals surface area contributed by atoms with Gasteiger partial charge in [0, 0.05) is 23.5 Å². The molecule has 0 saturated heterocycles. The quantitative estimate of drug-likeness (QED) is 0.844. The lowest BCUT2D eigenvalue weighted by molar-refractivity contribution is -0.122. The number of aliphatic hydroxyl groups excluding tert-OH is 1. The Bertz CT molecular complexity index is 434. The summed E-state index contributed by atoms with van der Waals surface area (Å²) in [6, 6.07) is 6.14. The van der Waals surface area contributed by atoms with Crippen LogP contribution in [-0.4, -0.2) is 23.7 Å². The third kappa shape index (κ3) is 5.33. The third-order valence-corrected chi connectivity index (χ3v) is 4.28. The van der Waals surface area contributed by atoms with Crippen LogP contribution in [0.15, 0.2) is 22.7 Å². The Morgan fingerprint density at radius 2 is 2.11 bits per heavy atom. The highest BCUT2D eigenvalue weighted by Crippen LogP contribution is 2.17. The molecular weight excluding hydrogens is 306 g/mol. The maximum Gasteiger partial charge on any atom is 0.220 e. The number of aliphatic hydroxyl groups is 1. The molecule has 1 rings (SSSR count). The predicted octanol–water partition coefficient (Wildman–Crippen LogP) is 2.82. The van der Waals surface area contributed by atoms with Gasteiger partial charge in [-0.3, -0.25) is 4.79 Å². The number of carbonyl (C=O) groups excluding carboxylic acids is 1. The number of amides is 1. The minimum atomic E-state index is 0.00385. The van der Waals surface area contributed by atoms with Gasteiger partial charge in [0.15, 0.2) is 0 Å². The van der Waals surface area contributed by atoms with Crippen molar-refractivity contribution in [3.05, 3.63) is 33.8 Å². The largest absolute Gasteiger partial charge is 0.396 e. The van der Waals surface area contributed by atoms with Crippen molar-refractivity contribution in [1.82, 2.24) is 5.32 Å². The van der Waals surface area contributed by atoms with Gasteiger partial charge in [0.2, 0.25) is 5.91 Å². The van der Waals surface area contributed by atoms with Crippen LogP contribution in [0.3, 0.4) is 0 Å². The molecule has 0 bridgehead atoms. The minimum Gasteiger partial charge on any atom is -0.396 e. The number of hydrogen-bond acceptors (Lipinski definition) is 2. The SMILES string of the molecule is Cc1cc(CCC(=O)NC(C)C(C)CO)ccc1Br. The lowest BCUT2D eigenvalue weighted by Crippen LogP contribution is -2.38. The van der Waals surface area contributed by atoms with E-state index in [2.05, 4.69) is 27.3 Å². The number of carbonyl (C=O) groups is 1. The van der Waals surface area contributed by atoms with Gasteiger partial charge in [-0.25, -0.2) is 0 Å². The van der Waals surface area contributed by atoms with Crippen LogP contribution in [-0.2, 0) is 11.2 Å². The van der Waals surface area contributed by atoms with Crippen molar-refractivity contribution >= 4 is 21.8 Å². The predicted molar refractivity (Wildman–Crippen MR) is 81.1 cm³/mol. The monoisotopic (exact) mass is 327 g/mol. The molecular formula is C15H22BrNO2. The summed E-state index contributed by atoms with van der Waals surface area (Å²) < 4.78 is 1.09. The number of aryl methyl sites for hydroxylation is 2. The molecule has 0 aliphatic rings. The Kier molecular flexibility index (Phi) is 6.52. The first kappa shape index (κ1) is 16.2. The van der Waals surface area contributed by atoms with Gasteiger partial charge < -0.3 is 10.4 Å². The van der Waals surface area contributed by atoms with Gasteiger partial charge >= 0.3 is 0 Å². The van der Waals surface area contributed by atoms with E-state index in [0.717, 1.165) is 10.9 Å². The number of rotatable bonds is 6. The number of benzene rings is 1. The molecule has 19 heavy (non-hydrogen) atoms. The summed E-state index contributed by atoms with van der Waals surface area (Å²) in [5.41, 5.74) is 2.35. The standard InChI is InChI=1S/C15H22BrNO2/c1-10-8-13(4-6-14(10)16)5-7-15(19)17-12(3)11(2)9-18/h4,6,8,11-12,18H,5,7,9H2,1-3H3,(H,17,19). The van der Waals surface area contributed by atoms with Crippen molar-refractivity contribution < 1.29 is 9.90 Å². The first-order chi connectivity index (χ1) is 8.93. The second-order valence-corrected chi connectivity index (χ2v) is 5.95. The van der Waals surface area contributed by atoms with Crippen molar-refractivity contribution in [2.45, 2.75) is 39.7 Å². The molecule has 2 unspecified atom stereocenters. The molecule has 0 radical (unpaired) electrons. The smallest absolute Gasteiger partial charge is 0.220 e. The summed E-state index contributed by atoms with van der Waals surface area (Å²) in [5, 5.41) is 11.9. The first-order valence-electron chi connectivity index (χ1n) is 6.59. The summed E-state index contributed by atoms with van der Waals surface area (Å²) in [7, 11) is 0. The summed E-state index contributed by atoms with van der Waals surface area (Å²) in [4.78, 5) is 11.8. The molecule has 1 amide bonds. The molecule has 0 aromatic heterocycles. The summed E-state index contributed by atoms with van der Waals surface area (Å²) >= 11 is 3.46. The summed E-state index contributed by atoms with van der Waals surface area (Å²) in [5.74, 6) is 0.118. The van der Waals surface area contributed by atoms with Crippen LogP contribution in [0.1, 0.15) is 31.4 Å². The number of hydrogen-bond donors (Lipinski definition) is 2. The lowest BCUT2D eigenvalue weighted by atomic mass is 10.0. The van der Waals surface area contributed by atoms with E-state index in [1.165, 1.54) is 11.1 Å². The fraction of sp³-hybridized carbons (Fsp3) is 0.533. The molecule has 2 N–H and O–H groups in total. The van der Waals surface area contributed by atoms with Gasteiger partial charge in [-0.1, -0.05) is 35.0 Å². The molecule has 0 aliphatic heterocycles. The maximum atomic E-state index is 11.8. The number of halogens is 1. The zero-order chi connectivity index (χ0) is 14.4. The highest BCUT2D eigenvalue weighted by atomic mass is 79.9. The molecule has 3 nitrogen and oxygen atoms in total. The molecule has 2 atom stereocenters. The van der Waals surface area contributed by atoms with E-state index >= 15 is 0 Å². The molecule has 0 heterocycles. The van der Waals surface area contributed by atoms with Crippen molar-refractivity contribution in [1.29, 1.82) is 0 Å². The average molecular weight is 328 g/mol. The van der Waals surface area contributed by atoms with Gasteiger partial charge in [0.05, 0.1) is 0 Å². The van der Waals surface area contributed by atoms with Crippen LogP contribution in [0.5, 0.6) is 0 Å². The molecule has 1 aromatic carbocycles. The minimum absolute atomic E-state index is 0.00385. The molecule has 0 saturated carbocycles. The van der Waals surface area contributed by atoms with E-state index in [0.29, 0.717) is 6.42 Å². The van der Waals surface area contributed by atoms with Gasteiger partial charge in [-0.05, 0) is 43.4 Å². The fourth-order valence-electron chi connectivity index (χ4n) is 1.75. The molecule has 106 valence electrons. The van der Waals surface area contributed by atoms with E-state index in [1.54, 1.807) is 0 Å². The molecule has 4 heteroatoms. The molecule has 0 fully saturated rings. The summed E-state index contributed by atoms with van der Waals surface area (Å²) in [6.45, 7) is 5.97. The maximum absolute atomic E-state index is 11.8. The van der Waals surface area contributed by atoms with Crippen molar-refractivity contribution in [2.24, 2.45) is 5.92 Å². The van der Waals surface area contributed by atoms with E-state index in [4.69, 9.17) is 5.11 Å². The van der Waals surface area contributed by atoms with Crippen LogP contribution in [0.25, 0.3) is 0 Å². The molecule has 0 aliphatic carbocycles. The van der Waals surface area contributed by atoms with Gasteiger partial charge in [-0.2, -0.15) is 0 Å². The van der Waals surface area contributed by atoms with Crippen LogP contribution in [0, 0.1) is 12.8 Å². The van der Waals surface area contributed by atoms with Gasteiger partial charge in [0.1, 0.15) is 0 Å². The first-order valence-corrected chi connectivity index (χ1v) is 7.38. The Balaban J connectivity index is 2.43. The van der Waals surface area contributed by atoms with Crippen LogP contribution in [0.2, 0.25) is 0 Å². The second-order valence-electron chi connectivity index (χ2n) is 5.10. The van der Waals surface area contributed by atoms with E-state index in [9.17, 15) is 4.79 Å². The van der Waals surface area contributed by atoms with E-state index < -0.39 is 0 Å². The summed E-state index contributed by atoms with van der Waals surface area (Å²) in [6.07, 6.45) is 1.21. The van der Waals surface area contributed by atoms with Gasteiger partial charge in [-0.15, -0.1) is 0 Å². The van der Waals surface area contributed by atoms with Crippen LogP contribution >= 0.6 is 15.9 Å². The zero-order valence-electron chi connectivity index (χ0n) is 11.7. The topological polar surface area (TPSA) is 49.3 Å². The van der Waals surface area contributed by atoms with Crippen molar-refractivity contribution in [3.63, 3.8) is 0 Å². The van der Waals surface area contributed by atoms with E-state index in [1.807, 2.05) is 32.9 Å². The fourth-order valence-corrected chi connectivity index (χ4v) is 1.99. The van der Waals surface area contributed by atoms with Crippen LogP contribution in [0.4, 0.5) is 0 Å². The van der Waals surface area contributed by atoms with Crippen molar-refractivity contribution in [3.8, 4) is 0 Å².